The van der Waals surface area contributed by atoms with E-state index in [2.05, 4.69) is 29.4 Å². The van der Waals surface area contributed by atoms with Crippen LogP contribution in [0, 0.1) is 0 Å². The van der Waals surface area contributed by atoms with Gasteiger partial charge >= 0.3 is 0 Å². The van der Waals surface area contributed by atoms with E-state index in [1.807, 2.05) is 6.08 Å². The third-order valence-electron chi connectivity index (χ3n) is 0.963. The lowest BCUT2D eigenvalue weighted by Crippen LogP contribution is -1.99. The summed E-state index contributed by atoms with van der Waals surface area (Å²) in [4.78, 5) is 0.292. The molecule has 0 aliphatic carbocycles. The Morgan fingerprint density at radius 3 is 2.29 bits per heavy atom. The van der Waals surface area contributed by atoms with E-state index in [1.165, 1.54) is 0 Å². The van der Waals surface area contributed by atoms with Gasteiger partial charge in [0.15, 0.2) is 0 Å². The van der Waals surface area contributed by atoms with E-state index >= 15 is 0 Å². The smallest absolute Gasteiger partial charge is 0.0163 e. The zero-order chi connectivity index (χ0) is 5.91. The van der Waals surface area contributed by atoms with Gasteiger partial charge in [-0.1, -0.05) is 6.08 Å². The molecule has 0 fully saturated rings. The fourth-order valence-corrected chi connectivity index (χ4v) is 0.306. The first-order chi connectivity index (χ1) is 3.12. The van der Waals surface area contributed by atoms with Gasteiger partial charge in [-0.3, -0.25) is 0 Å². The van der Waals surface area contributed by atoms with Crippen LogP contribution in [0.2, 0.25) is 0 Å². The Labute approximate surface area is 49.8 Å². The fraction of sp³-hybridized carbons (Fsp3) is 0.600. The molecule has 0 aromatic carbocycles. The van der Waals surface area contributed by atoms with E-state index < -0.39 is 0 Å². The summed E-state index contributed by atoms with van der Waals surface area (Å²) in [5, 5.41) is 0. The maximum absolute atomic E-state index is 3.69. The minimum Gasteiger partial charge on any atom is -0.123 e. The van der Waals surface area contributed by atoms with Crippen LogP contribution < -0.4 is 0 Å². The molecule has 0 aliphatic rings. The van der Waals surface area contributed by atoms with Gasteiger partial charge in [0.25, 0.3) is 0 Å². The fourth-order valence-electron chi connectivity index (χ4n) is 0.102. The summed E-state index contributed by atoms with van der Waals surface area (Å²) in [7, 11) is 3.69. The Bertz CT molecular complexity index is 66.5. The van der Waals surface area contributed by atoms with Crippen LogP contribution in [0.4, 0.5) is 0 Å². The standard InChI is InChI=1S/C5H12P2/c1-4-5(2,6)7-3/h4,7H,1,6H2,2-3H3/t5-/m1/s1. The molecule has 0 saturated carbocycles. The van der Waals surface area contributed by atoms with Crippen molar-refractivity contribution in [2.75, 3.05) is 6.66 Å². The van der Waals surface area contributed by atoms with E-state index in [9.17, 15) is 0 Å². The first-order valence-electron chi connectivity index (χ1n) is 2.24. The lowest BCUT2D eigenvalue weighted by atomic mass is 10.5. The average Bonchev–Trinajstić information content (AvgIpc) is 1.68. The largest absolute Gasteiger partial charge is 0.123 e. The third kappa shape index (κ3) is 3.21. The molecule has 0 heterocycles. The molecule has 0 amide bonds. The third-order valence-corrected chi connectivity index (χ3v) is 3.35. The van der Waals surface area contributed by atoms with Crippen LogP contribution in [-0.2, 0) is 0 Å². The molecule has 0 aromatic rings. The zero-order valence-corrected chi connectivity index (χ0v) is 7.02. The van der Waals surface area contributed by atoms with Crippen molar-refractivity contribution in [2.24, 2.45) is 0 Å². The molecule has 0 saturated heterocycles. The van der Waals surface area contributed by atoms with E-state index in [-0.39, 0.29) is 0 Å². The monoisotopic (exact) mass is 134 g/mol. The molecule has 7 heavy (non-hydrogen) atoms. The van der Waals surface area contributed by atoms with Crippen LogP contribution >= 0.6 is 17.8 Å². The second kappa shape index (κ2) is 2.80. The van der Waals surface area contributed by atoms with Gasteiger partial charge in [-0.2, -0.15) is 0 Å². The molecule has 0 aromatic heterocycles. The molecular weight excluding hydrogens is 122 g/mol. The quantitative estimate of drug-likeness (QED) is 0.400. The van der Waals surface area contributed by atoms with Crippen molar-refractivity contribution < 1.29 is 0 Å². The topological polar surface area (TPSA) is 0 Å². The van der Waals surface area contributed by atoms with Crippen molar-refractivity contribution in [3.8, 4) is 0 Å². The van der Waals surface area contributed by atoms with Crippen molar-refractivity contribution in [1.82, 2.24) is 0 Å². The minimum absolute atomic E-state index is 0.292. The molecule has 2 heteroatoms. The Morgan fingerprint density at radius 1 is 1.86 bits per heavy atom. The van der Waals surface area contributed by atoms with Crippen LogP contribution in [0.3, 0.4) is 0 Å². The lowest BCUT2D eigenvalue weighted by molar-refractivity contribution is 1.16. The zero-order valence-electron chi connectivity index (χ0n) is 4.86. The van der Waals surface area contributed by atoms with Crippen LogP contribution in [0.15, 0.2) is 12.7 Å². The summed E-state index contributed by atoms with van der Waals surface area (Å²) in [6.07, 6.45) is 1.97. The Kier molecular flexibility index (Phi) is 3.04. The molecule has 2 unspecified atom stereocenters. The van der Waals surface area contributed by atoms with Crippen molar-refractivity contribution in [2.45, 2.75) is 11.8 Å². The van der Waals surface area contributed by atoms with Gasteiger partial charge in [-0.05, 0) is 13.6 Å². The van der Waals surface area contributed by atoms with Gasteiger partial charge in [0, 0.05) is 4.90 Å². The first-order valence-corrected chi connectivity index (χ1v) is 4.31. The molecule has 3 atom stereocenters. The first kappa shape index (κ1) is 7.60. The predicted molar refractivity (Wildman–Crippen MR) is 42.6 cm³/mol. The number of hydrogen-bond donors (Lipinski definition) is 0. The van der Waals surface area contributed by atoms with Gasteiger partial charge in [-0.25, -0.2) is 0 Å². The van der Waals surface area contributed by atoms with E-state index in [1.54, 1.807) is 0 Å². The molecule has 0 aliphatic heterocycles. The number of rotatable bonds is 2. The minimum atomic E-state index is 0.292. The second-order valence-corrected chi connectivity index (χ2v) is 5.09. The maximum atomic E-state index is 3.69. The van der Waals surface area contributed by atoms with Gasteiger partial charge in [0.2, 0.25) is 0 Å². The predicted octanol–water partition coefficient (Wildman–Crippen LogP) is 2.07. The van der Waals surface area contributed by atoms with Crippen molar-refractivity contribution in [1.29, 1.82) is 0 Å². The average molecular weight is 134 g/mol. The summed E-state index contributed by atoms with van der Waals surface area (Å²) in [5.74, 6) is 0. The lowest BCUT2D eigenvalue weighted by Gasteiger charge is -2.14. The van der Waals surface area contributed by atoms with Gasteiger partial charge in [0.05, 0.1) is 0 Å². The Balaban J connectivity index is 3.58. The van der Waals surface area contributed by atoms with Gasteiger partial charge in [-0.15, -0.1) is 24.4 Å². The molecule has 0 radical (unpaired) electrons. The second-order valence-electron chi connectivity index (χ2n) is 1.74. The summed E-state index contributed by atoms with van der Waals surface area (Å²) in [5.41, 5.74) is 0. The summed E-state index contributed by atoms with van der Waals surface area (Å²) in [6.45, 7) is 8.02. The molecule has 0 nitrogen and oxygen atoms in total. The maximum Gasteiger partial charge on any atom is 0.0163 e. The highest BCUT2D eigenvalue weighted by Gasteiger charge is 2.06. The molecular formula is C5H12P2. The summed E-state index contributed by atoms with van der Waals surface area (Å²) >= 11 is 0. The van der Waals surface area contributed by atoms with Crippen LogP contribution in [0.1, 0.15) is 6.92 Å². The molecule has 42 valence electrons. The molecule has 0 bridgehead atoms. The van der Waals surface area contributed by atoms with E-state index in [4.69, 9.17) is 0 Å². The molecule has 0 spiro atoms. The van der Waals surface area contributed by atoms with E-state index in [0.29, 0.717) is 4.90 Å². The van der Waals surface area contributed by atoms with Crippen molar-refractivity contribution in [3.63, 3.8) is 0 Å². The van der Waals surface area contributed by atoms with Crippen LogP contribution in [-0.4, -0.2) is 11.6 Å². The number of allylic oxidation sites excluding steroid dienone is 1. The van der Waals surface area contributed by atoms with Gasteiger partial charge in [0.1, 0.15) is 0 Å². The molecule has 0 N–H and O–H groups in total. The summed E-state index contributed by atoms with van der Waals surface area (Å²) < 4.78 is 0. The molecule has 0 rings (SSSR count). The Hall–Kier alpha value is 0.600. The van der Waals surface area contributed by atoms with Crippen molar-refractivity contribution >= 4 is 17.8 Å². The van der Waals surface area contributed by atoms with Crippen LogP contribution in [0.5, 0.6) is 0 Å². The SMILES string of the molecule is C=C[C@](C)(P)PC. The van der Waals surface area contributed by atoms with E-state index in [0.717, 1.165) is 8.58 Å². The van der Waals surface area contributed by atoms with Gasteiger partial charge < -0.3 is 0 Å². The van der Waals surface area contributed by atoms with Crippen molar-refractivity contribution in [3.05, 3.63) is 12.7 Å². The summed E-state index contributed by atoms with van der Waals surface area (Å²) in [6, 6.07) is 0. The normalized spacial score (nSPS) is 19.9. The highest BCUT2D eigenvalue weighted by Crippen LogP contribution is 2.35. The van der Waals surface area contributed by atoms with Crippen LogP contribution in [0.25, 0.3) is 0 Å². The number of hydrogen-bond acceptors (Lipinski definition) is 0. The Morgan fingerprint density at radius 2 is 2.29 bits per heavy atom. The highest BCUT2D eigenvalue weighted by atomic mass is 31.1. The highest BCUT2D eigenvalue weighted by molar-refractivity contribution is 7.51.